The number of rotatable bonds is 6. The van der Waals surface area contributed by atoms with Gasteiger partial charge < -0.3 is 15.5 Å². The molecule has 2 N–H and O–H groups in total. The number of hydrogen-bond acceptors (Lipinski definition) is 3. The van der Waals surface area contributed by atoms with Crippen molar-refractivity contribution in [2.45, 2.75) is 32.7 Å². The van der Waals surface area contributed by atoms with E-state index in [0.29, 0.717) is 13.1 Å². The molecule has 2 fully saturated rings. The first-order valence-electron chi connectivity index (χ1n) is 8.95. The number of carbonyl (C=O) groups is 2. The first-order chi connectivity index (χ1) is 11.6. The Morgan fingerprint density at radius 3 is 2.56 bits per heavy atom. The minimum absolute atomic E-state index is 0. The standard InChI is InChI=1S/C19H27N3O2.ClH/c1-2-22(14-15-6-4-3-5-7-15)17(23)13-21-18(24)16-12-19(16)8-10-20-11-9-19;/h3-7,16,20H,2,8-14H2,1H3,(H,21,24);1H. The minimum atomic E-state index is -0.0188. The van der Waals surface area contributed by atoms with E-state index in [1.807, 2.05) is 37.3 Å². The van der Waals surface area contributed by atoms with Gasteiger partial charge in [0.05, 0.1) is 6.54 Å². The van der Waals surface area contributed by atoms with Crippen molar-refractivity contribution in [3.8, 4) is 0 Å². The highest BCUT2D eigenvalue weighted by molar-refractivity contribution is 5.87. The minimum Gasteiger partial charge on any atom is -0.347 e. The van der Waals surface area contributed by atoms with E-state index in [1.54, 1.807) is 4.90 Å². The van der Waals surface area contributed by atoms with E-state index in [1.165, 1.54) is 0 Å². The molecule has 1 atom stereocenters. The molecule has 138 valence electrons. The second kappa shape index (κ2) is 8.68. The summed E-state index contributed by atoms with van der Waals surface area (Å²) in [6.45, 7) is 5.30. The van der Waals surface area contributed by atoms with Crippen molar-refractivity contribution in [3.63, 3.8) is 0 Å². The molecule has 1 aliphatic carbocycles. The number of halogens is 1. The second-order valence-corrected chi connectivity index (χ2v) is 6.98. The van der Waals surface area contributed by atoms with Crippen LogP contribution in [0.4, 0.5) is 0 Å². The molecule has 6 heteroatoms. The molecule has 1 aromatic carbocycles. The summed E-state index contributed by atoms with van der Waals surface area (Å²) in [6.07, 6.45) is 3.14. The molecule has 0 aromatic heterocycles. The van der Waals surface area contributed by atoms with Crippen LogP contribution in [-0.4, -0.2) is 42.9 Å². The molecular formula is C19H28ClN3O2. The van der Waals surface area contributed by atoms with Gasteiger partial charge in [0.2, 0.25) is 11.8 Å². The Morgan fingerprint density at radius 1 is 1.24 bits per heavy atom. The monoisotopic (exact) mass is 365 g/mol. The second-order valence-electron chi connectivity index (χ2n) is 6.98. The number of nitrogens with zero attached hydrogens (tertiary/aromatic N) is 1. The largest absolute Gasteiger partial charge is 0.347 e. The van der Waals surface area contributed by atoms with E-state index in [2.05, 4.69) is 10.6 Å². The highest BCUT2D eigenvalue weighted by Crippen LogP contribution is 2.58. The highest BCUT2D eigenvalue weighted by Gasteiger charge is 2.57. The van der Waals surface area contributed by atoms with Crippen molar-refractivity contribution >= 4 is 24.2 Å². The zero-order chi connectivity index (χ0) is 17.0. The maximum Gasteiger partial charge on any atom is 0.242 e. The van der Waals surface area contributed by atoms with Gasteiger partial charge in [0.1, 0.15) is 0 Å². The molecule has 1 unspecified atom stereocenters. The Labute approximate surface area is 155 Å². The third-order valence-corrected chi connectivity index (χ3v) is 5.47. The lowest BCUT2D eigenvalue weighted by molar-refractivity contribution is -0.133. The maximum absolute atomic E-state index is 12.4. The van der Waals surface area contributed by atoms with Gasteiger partial charge in [-0.15, -0.1) is 12.4 Å². The predicted octanol–water partition coefficient (Wildman–Crippen LogP) is 1.96. The third kappa shape index (κ3) is 4.73. The van der Waals surface area contributed by atoms with Crippen LogP contribution >= 0.6 is 12.4 Å². The number of benzene rings is 1. The topological polar surface area (TPSA) is 61.4 Å². The van der Waals surface area contributed by atoms with Crippen LogP contribution in [0.25, 0.3) is 0 Å². The van der Waals surface area contributed by atoms with Crippen molar-refractivity contribution in [2.75, 3.05) is 26.2 Å². The summed E-state index contributed by atoms with van der Waals surface area (Å²) in [5.74, 6) is 0.146. The summed E-state index contributed by atoms with van der Waals surface area (Å²) in [4.78, 5) is 26.5. The average molecular weight is 366 g/mol. The molecule has 1 aliphatic heterocycles. The first kappa shape index (κ1) is 19.7. The van der Waals surface area contributed by atoms with Crippen molar-refractivity contribution in [1.29, 1.82) is 0 Å². The molecular weight excluding hydrogens is 338 g/mol. The molecule has 0 radical (unpaired) electrons. The smallest absolute Gasteiger partial charge is 0.242 e. The quantitative estimate of drug-likeness (QED) is 0.810. The molecule has 3 rings (SSSR count). The molecule has 1 aromatic rings. The van der Waals surface area contributed by atoms with E-state index in [9.17, 15) is 9.59 Å². The Kier molecular flexibility index (Phi) is 6.85. The van der Waals surface area contributed by atoms with Crippen LogP contribution in [0.3, 0.4) is 0 Å². The highest BCUT2D eigenvalue weighted by atomic mass is 35.5. The molecule has 2 amide bonds. The molecule has 1 heterocycles. The molecule has 1 spiro atoms. The fraction of sp³-hybridized carbons (Fsp3) is 0.579. The van der Waals surface area contributed by atoms with E-state index in [4.69, 9.17) is 0 Å². The van der Waals surface area contributed by atoms with Gasteiger partial charge >= 0.3 is 0 Å². The zero-order valence-electron chi connectivity index (χ0n) is 14.8. The zero-order valence-corrected chi connectivity index (χ0v) is 15.6. The fourth-order valence-corrected chi connectivity index (χ4v) is 3.77. The van der Waals surface area contributed by atoms with Crippen LogP contribution in [0.1, 0.15) is 31.7 Å². The number of nitrogens with one attached hydrogen (secondary N) is 2. The predicted molar refractivity (Wildman–Crippen MR) is 100 cm³/mol. The van der Waals surface area contributed by atoms with Gasteiger partial charge in [-0.2, -0.15) is 0 Å². The molecule has 0 bridgehead atoms. The summed E-state index contributed by atoms with van der Waals surface area (Å²) < 4.78 is 0. The van der Waals surface area contributed by atoms with Gasteiger partial charge in [-0.3, -0.25) is 9.59 Å². The normalized spacial score (nSPS) is 20.4. The van der Waals surface area contributed by atoms with Gasteiger partial charge in [-0.1, -0.05) is 30.3 Å². The number of likely N-dealkylation sites (N-methyl/N-ethyl adjacent to an activating group) is 1. The first-order valence-corrected chi connectivity index (χ1v) is 8.95. The van der Waals surface area contributed by atoms with Gasteiger partial charge in [0.15, 0.2) is 0 Å². The van der Waals surface area contributed by atoms with Crippen molar-refractivity contribution < 1.29 is 9.59 Å². The number of carbonyl (C=O) groups excluding carboxylic acids is 2. The van der Waals surface area contributed by atoms with Crippen molar-refractivity contribution in [3.05, 3.63) is 35.9 Å². The number of hydrogen-bond donors (Lipinski definition) is 2. The summed E-state index contributed by atoms with van der Waals surface area (Å²) in [5.41, 5.74) is 1.32. The lowest BCUT2D eigenvalue weighted by atomic mass is 9.92. The Balaban J connectivity index is 0.00000225. The summed E-state index contributed by atoms with van der Waals surface area (Å²) >= 11 is 0. The van der Waals surface area contributed by atoms with Crippen LogP contribution in [0, 0.1) is 11.3 Å². The lowest BCUT2D eigenvalue weighted by Gasteiger charge is -2.24. The van der Waals surface area contributed by atoms with Crippen molar-refractivity contribution in [1.82, 2.24) is 15.5 Å². The maximum atomic E-state index is 12.4. The van der Waals surface area contributed by atoms with Crippen molar-refractivity contribution in [2.24, 2.45) is 11.3 Å². The van der Waals surface area contributed by atoms with Gasteiger partial charge in [0, 0.05) is 19.0 Å². The van der Waals surface area contributed by atoms with Crippen LogP contribution < -0.4 is 10.6 Å². The van der Waals surface area contributed by atoms with Gasteiger partial charge in [-0.05, 0) is 50.3 Å². The molecule has 5 nitrogen and oxygen atoms in total. The third-order valence-electron chi connectivity index (χ3n) is 5.47. The molecule has 1 saturated heterocycles. The average Bonchev–Trinajstić information content (AvgIpc) is 3.31. The van der Waals surface area contributed by atoms with E-state index >= 15 is 0 Å². The Morgan fingerprint density at radius 2 is 1.92 bits per heavy atom. The van der Waals surface area contributed by atoms with Crippen LogP contribution in [-0.2, 0) is 16.1 Å². The van der Waals surface area contributed by atoms with Crippen LogP contribution in [0.15, 0.2) is 30.3 Å². The molecule has 25 heavy (non-hydrogen) atoms. The summed E-state index contributed by atoms with van der Waals surface area (Å²) in [6, 6.07) is 9.94. The Hall–Kier alpha value is -1.59. The van der Waals surface area contributed by atoms with E-state index < -0.39 is 0 Å². The SMILES string of the molecule is CCN(Cc1ccccc1)C(=O)CNC(=O)C1CC12CCNCC2.Cl. The van der Waals surface area contributed by atoms with Gasteiger partial charge in [0.25, 0.3) is 0 Å². The summed E-state index contributed by atoms with van der Waals surface area (Å²) in [7, 11) is 0. The molecule has 2 aliphatic rings. The fourth-order valence-electron chi connectivity index (χ4n) is 3.77. The van der Waals surface area contributed by atoms with Crippen LogP contribution in [0.2, 0.25) is 0 Å². The van der Waals surface area contributed by atoms with E-state index in [-0.39, 0.29) is 42.1 Å². The number of amides is 2. The van der Waals surface area contributed by atoms with E-state index in [0.717, 1.165) is 37.9 Å². The lowest BCUT2D eigenvalue weighted by Crippen LogP contribution is -2.41. The molecule has 1 saturated carbocycles. The number of piperidine rings is 1. The Bertz CT molecular complexity index is 588. The summed E-state index contributed by atoms with van der Waals surface area (Å²) in [5, 5.41) is 6.21. The van der Waals surface area contributed by atoms with Crippen LogP contribution in [0.5, 0.6) is 0 Å². The van der Waals surface area contributed by atoms with Gasteiger partial charge in [-0.25, -0.2) is 0 Å².